The second-order valence-corrected chi connectivity index (χ2v) is 8.21. The molecule has 0 atom stereocenters. The zero-order chi connectivity index (χ0) is 20.5. The van der Waals surface area contributed by atoms with Crippen molar-refractivity contribution in [3.8, 4) is 22.8 Å². The fourth-order valence-electron chi connectivity index (χ4n) is 3.71. The number of pyridine rings is 1. The summed E-state index contributed by atoms with van der Waals surface area (Å²) in [4.78, 5) is 27.4. The topological polar surface area (TPSA) is 89.9 Å². The van der Waals surface area contributed by atoms with Crippen LogP contribution in [-0.4, -0.2) is 48.6 Å². The number of hydrogen-bond donors (Lipinski definition) is 0. The van der Waals surface area contributed by atoms with E-state index >= 15 is 0 Å². The molecule has 4 aromatic rings. The van der Waals surface area contributed by atoms with Gasteiger partial charge in [-0.25, -0.2) is 4.98 Å². The molecule has 152 valence electrons. The van der Waals surface area contributed by atoms with E-state index in [4.69, 9.17) is 4.52 Å². The minimum atomic E-state index is 0.215. The number of halogens is 1. The predicted molar refractivity (Wildman–Crippen MR) is 114 cm³/mol. The van der Waals surface area contributed by atoms with Crippen molar-refractivity contribution in [2.24, 2.45) is 0 Å². The van der Waals surface area contributed by atoms with E-state index in [1.807, 2.05) is 33.7 Å². The van der Waals surface area contributed by atoms with Gasteiger partial charge in [0.2, 0.25) is 11.7 Å². The minimum Gasteiger partial charge on any atom is -0.343 e. The maximum atomic E-state index is 12.3. The number of carbonyl (C=O) groups excluding carboxylic acids is 1. The number of aryl methyl sites for hydroxylation is 1. The molecule has 1 aliphatic rings. The fourth-order valence-corrected chi connectivity index (χ4v) is 4.07. The van der Waals surface area contributed by atoms with Gasteiger partial charge in [0, 0.05) is 48.5 Å². The van der Waals surface area contributed by atoms with Gasteiger partial charge in [-0.1, -0.05) is 5.16 Å². The Morgan fingerprint density at radius 3 is 2.83 bits per heavy atom. The van der Waals surface area contributed by atoms with Gasteiger partial charge in [0.15, 0.2) is 0 Å². The molecule has 5 rings (SSSR count). The number of benzene rings is 1. The van der Waals surface area contributed by atoms with Crippen molar-refractivity contribution in [1.29, 1.82) is 0 Å². The summed E-state index contributed by atoms with van der Waals surface area (Å²) in [6, 6.07) is 7.73. The van der Waals surface area contributed by atoms with E-state index in [-0.39, 0.29) is 5.91 Å². The Bertz CT molecular complexity index is 1210. The van der Waals surface area contributed by atoms with E-state index in [1.54, 1.807) is 18.7 Å². The Labute approximate surface area is 181 Å². The van der Waals surface area contributed by atoms with Crippen LogP contribution in [0.4, 0.5) is 0 Å². The second kappa shape index (κ2) is 7.98. The number of amides is 1. The minimum absolute atomic E-state index is 0.215. The van der Waals surface area contributed by atoms with Gasteiger partial charge in [-0.2, -0.15) is 4.98 Å². The Hall–Kier alpha value is -3.07. The molecule has 9 heteroatoms. The van der Waals surface area contributed by atoms with Crippen LogP contribution in [0.5, 0.6) is 0 Å². The first-order valence-electron chi connectivity index (χ1n) is 9.85. The van der Waals surface area contributed by atoms with Crippen LogP contribution >= 0.6 is 15.9 Å². The van der Waals surface area contributed by atoms with Crippen molar-refractivity contribution in [3.63, 3.8) is 0 Å². The first-order chi connectivity index (χ1) is 14.7. The summed E-state index contributed by atoms with van der Waals surface area (Å²) in [6.07, 6.45) is 7.86. The van der Waals surface area contributed by atoms with E-state index in [1.165, 1.54) is 0 Å². The highest BCUT2D eigenvalue weighted by molar-refractivity contribution is 9.10. The van der Waals surface area contributed by atoms with Gasteiger partial charge in [-0.3, -0.25) is 9.78 Å². The van der Waals surface area contributed by atoms with Gasteiger partial charge in [0.25, 0.3) is 5.89 Å². The summed E-state index contributed by atoms with van der Waals surface area (Å²) < 4.78 is 8.26. The fraction of sp³-hybridized carbons (Fsp3) is 0.286. The molecule has 0 unspecified atom stereocenters. The lowest BCUT2D eigenvalue weighted by atomic mass is 10.2. The van der Waals surface area contributed by atoms with Crippen LogP contribution in [0.3, 0.4) is 0 Å². The van der Waals surface area contributed by atoms with Gasteiger partial charge < -0.3 is 14.0 Å². The van der Waals surface area contributed by atoms with E-state index in [9.17, 15) is 4.79 Å². The van der Waals surface area contributed by atoms with Crippen LogP contribution in [0.2, 0.25) is 0 Å². The van der Waals surface area contributed by atoms with E-state index in [0.29, 0.717) is 24.7 Å². The van der Waals surface area contributed by atoms with Crippen molar-refractivity contribution in [2.45, 2.75) is 25.8 Å². The quantitative estimate of drug-likeness (QED) is 0.442. The van der Waals surface area contributed by atoms with E-state index in [2.05, 4.69) is 36.0 Å². The first-order valence-corrected chi connectivity index (χ1v) is 10.6. The Morgan fingerprint density at radius 2 is 2.00 bits per heavy atom. The Morgan fingerprint density at radius 1 is 1.13 bits per heavy atom. The summed E-state index contributed by atoms with van der Waals surface area (Å²) >= 11 is 3.39. The lowest BCUT2D eigenvalue weighted by Crippen LogP contribution is -2.28. The molecule has 4 heterocycles. The third kappa shape index (κ3) is 3.72. The zero-order valence-corrected chi connectivity index (χ0v) is 17.7. The molecule has 0 bridgehead atoms. The Kier molecular flexibility index (Phi) is 5.04. The third-order valence-electron chi connectivity index (χ3n) is 5.28. The second-order valence-electron chi connectivity index (χ2n) is 7.29. The van der Waals surface area contributed by atoms with Gasteiger partial charge in [0.05, 0.1) is 22.9 Å². The molecular weight excluding hydrogens is 448 g/mol. The number of imidazole rings is 1. The molecule has 0 N–H and O–H groups in total. The normalized spacial score (nSPS) is 14.0. The molecule has 1 amide bonds. The first kappa shape index (κ1) is 18.9. The molecule has 1 fully saturated rings. The molecule has 1 saturated heterocycles. The lowest BCUT2D eigenvalue weighted by molar-refractivity contribution is -0.130. The van der Waals surface area contributed by atoms with Crippen molar-refractivity contribution < 1.29 is 9.32 Å². The lowest BCUT2D eigenvalue weighted by Gasteiger charge is -2.15. The van der Waals surface area contributed by atoms with Crippen molar-refractivity contribution in [2.75, 3.05) is 13.1 Å². The highest BCUT2D eigenvalue weighted by Gasteiger charge is 2.18. The standard InChI is InChI=1S/C21H19BrN6O2/c22-16-9-15(11-23-12-16)21-25-20(26-30-21)14-3-4-18-17(10-14)24-13-28(18)8-5-19(29)27-6-1-2-7-27/h3-4,9-13H,1-2,5-8H2. The number of fused-ring (bicyclic) bond motifs is 1. The smallest absolute Gasteiger partial charge is 0.259 e. The van der Waals surface area contributed by atoms with E-state index < -0.39 is 0 Å². The van der Waals surface area contributed by atoms with Crippen molar-refractivity contribution in [3.05, 3.63) is 47.5 Å². The van der Waals surface area contributed by atoms with Crippen molar-refractivity contribution >= 4 is 32.9 Å². The summed E-state index contributed by atoms with van der Waals surface area (Å²) in [5, 5.41) is 4.10. The molecule has 0 saturated carbocycles. The largest absolute Gasteiger partial charge is 0.343 e. The molecule has 3 aromatic heterocycles. The summed E-state index contributed by atoms with van der Waals surface area (Å²) in [7, 11) is 0. The Balaban J connectivity index is 1.34. The average molecular weight is 467 g/mol. The SMILES string of the molecule is O=C(CCn1cnc2cc(-c3noc(-c4cncc(Br)c4)n3)ccc21)N1CCCC1. The van der Waals surface area contributed by atoms with Crippen LogP contribution in [0.1, 0.15) is 19.3 Å². The van der Waals surface area contributed by atoms with Gasteiger partial charge in [-0.05, 0) is 53.0 Å². The predicted octanol–water partition coefficient (Wildman–Crippen LogP) is 3.92. The number of likely N-dealkylation sites (tertiary alicyclic amines) is 1. The van der Waals surface area contributed by atoms with Crippen LogP contribution in [0.25, 0.3) is 33.9 Å². The number of carbonyl (C=O) groups is 1. The van der Waals surface area contributed by atoms with Crippen molar-refractivity contribution in [1.82, 2.24) is 29.6 Å². The molecule has 0 spiro atoms. The number of rotatable bonds is 5. The van der Waals surface area contributed by atoms with Crippen LogP contribution in [0, 0.1) is 0 Å². The van der Waals surface area contributed by atoms with Crippen LogP contribution in [-0.2, 0) is 11.3 Å². The molecule has 0 radical (unpaired) electrons. The van der Waals surface area contributed by atoms with E-state index in [0.717, 1.165) is 52.6 Å². The van der Waals surface area contributed by atoms with Gasteiger partial charge in [0.1, 0.15) is 0 Å². The third-order valence-corrected chi connectivity index (χ3v) is 5.72. The maximum absolute atomic E-state index is 12.3. The van der Waals surface area contributed by atoms with Gasteiger partial charge in [-0.15, -0.1) is 0 Å². The number of nitrogens with zero attached hydrogens (tertiary/aromatic N) is 6. The van der Waals surface area contributed by atoms with Crippen LogP contribution < -0.4 is 0 Å². The van der Waals surface area contributed by atoms with Gasteiger partial charge >= 0.3 is 0 Å². The summed E-state index contributed by atoms with van der Waals surface area (Å²) in [6.45, 7) is 2.39. The summed E-state index contributed by atoms with van der Waals surface area (Å²) in [5.41, 5.74) is 3.37. The highest BCUT2D eigenvalue weighted by atomic mass is 79.9. The highest BCUT2D eigenvalue weighted by Crippen LogP contribution is 2.26. The molecule has 8 nitrogen and oxygen atoms in total. The average Bonchev–Trinajstić information content (AvgIpc) is 3.52. The molecule has 0 aliphatic carbocycles. The summed E-state index contributed by atoms with van der Waals surface area (Å²) in [5.74, 6) is 1.11. The molecular formula is C21H19BrN6O2. The maximum Gasteiger partial charge on any atom is 0.259 e. The molecule has 1 aromatic carbocycles. The number of hydrogen-bond acceptors (Lipinski definition) is 6. The monoisotopic (exact) mass is 466 g/mol. The molecule has 30 heavy (non-hydrogen) atoms. The zero-order valence-electron chi connectivity index (χ0n) is 16.2. The molecule has 1 aliphatic heterocycles. The number of aromatic nitrogens is 5. The van der Waals surface area contributed by atoms with Crippen LogP contribution in [0.15, 0.2) is 52.0 Å².